The van der Waals surface area contributed by atoms with Crippen molar-refractivity contribution in [1.29, 1.82) is 0 Å². The zero-order valence-corrected chi connectivity index (χ0v) is 19.9. The molecule has 1 atom stereocenters. The van der Waals surface area contributed by atoms with Crippen LogP contribution in [0.2, 0.25) is 0 Å². The zero-order chi connectivity index (χ0) is 26.3. The normalized spacial score (nSPS) is 16.1. The third-order valence-electron chi connectivity index (χ3n) is 6.35. The van der Waals surface area contributed by atoms with Gasteiger partial charge in [0.25, 0.3) is 5.56 Å². The Labute approximate surface area is 208 Å². The number of imidazole rings is 1. The number of aromatic amines is 1. The number of hydrogen-bond donors (Lipinski definition) is 2. The van der Waals surface area contributed by atoms with Crippen molar-refractivity contribution in [2.45, 2.75) is 51.5 Å². The van der Waals surface area contributed by atoms with Crippen LogP contribution in [0.5, 0.6) is 0 Å². The van der Waals surface area contributed by atoms with Crippen molar-refractivity contribution in [1.82, 2.24) is 29.3 Å². The van der Waals surface area contributed by atoms with Gasteiger partial charge >= 0.3 is 12.1 Å². The van der Waals surface area contributed by atoms with Crippen molar-refractivity contribution in [2.75, 3.05) is 11.4 Å². The van der Waals surface area contributed by atoms with Gasteiger partial charge in [-0.2, -0.15) is 23.3 Å². The Kier molecular flexibility index (Phi) is 6.21. The number of carbonyl (C=O) groups is 1. The van der Waals surface area contributed by atoms with E-state index >= 15 is 0 Å². The maximum Gasteiger partial charge on any atom is 0.416 e. The van der Waals surface area contributed by atoms with E-state index < -0.39 is 29.3 Å². The Morgan fingerprint density at radius 1 is 1.27 bits per heavy atom. The second kappa shape index (κ2) is 9.37. The van der Waals surface area contributed by atoms with Crippen LogP contribution >= 0.6 is 0 Å². The first-order valence-electron chi connectivity index (χ1n) is 11.8. The highest BCUT2D eigenvalue weighted by atomic mass is 19.4. The van der Waals surface area contributed by atoms with Crippen molar-refractivity contribution < 1.29 is 23.1 Å². The summed E-state index contributed by atoms with van der Waals surface area (Å²) >= 11 is 0. The summed E-state index contributed by atoms with van der Waals surface area (Å²) in [4.78, 5) is 38.1. The standard InChI is InChI=1S/C24H24F3N7O3/c1-2-8-34-18-19(30-23(31-21(18)35)33-9-4-7-17(33)22(36)37)29-20(34)15-11-28-32(13-15)12-14-5-3-6-16(10-14)24(25,26)27/h3,5-6,10-11,13,17H,2,4,7-9,12H2,1H3,(H,36,37)(H,30,31,35)/t17-/m0/s1. The minimum absolute atomic E-state index is 0.118. The lowest BCUT2D eigenvalue weighted by Crippen LogP contribution is -2.38. The van der Waals surface area contributed by atoms with Gasteiger partial charge < -0.3 is 14.6 Å². The molecule has 194 valence electrons. The van der Waals surface area contributed by atoms with Crippen LogP contribution in [0.3, 0.4) is 0 Å². The van der Waals surface area contributed by atoms with E-state index in [2.05, 4.69) is 20.1 Å². The summed E-state index contributed by atoms with van der Waals surface area (Å²) in [6.45, 7) is 2.99. The van der Waals surface area contributed by atoms with E-state index in [9.17, 15) is 27.9 Å². The number of benzene rings is 1. The van der Waals surface area contributed by atoms with Crippen LogP contribution in [-0.2, 0) is 24.1 Å². The van der Waals surface area contributed by atoms with Crippen LogP contribution in [-0.4, -0.2) is 53.0 Å². The third-order valence-corrected chi connectivity index (χ3v) is 6.35. The largest absolute Gasteiger partial charge is 0.480 e. The number of aryl methyl sites for hydroxylation is 1. The highest BCUT2D eigenvalue weighted by Gasteiger charge is 2.33. The average Bonchev–Trinajstić information content (AvgIpc) is 3.58. The molecule has 1 aliphatic heterocycles. The lowest BCUT2D eigenvalue weighted by Gasteiger charge is -2.21. The summed E-state index contributed by atoms with van der Waals surface area (Å²) < 4.78 is 42.5. The van der Waals surface area contributed by atoms with Gasteiger partial charge in [0.2, 0.25) is 5.95 Å². The predicted molar refractivity (Wildman–Crippen MR) is 128 cm³/mol. The number of carboxylic acid groups (broad SMARTS) is 1. The number of carboxylic acids is 1. The molecular weight excluding hydrogens is 491 g/mol. The van der Waals surface area contributed by atoms with E-state index in [1.54, 1.807) is 21.7 Å². The highest BCUT2D eigenvalue weighted by Crippen LogP contribution is 2.30. The second-order valence-corrected chi connectivity index (χ2v) is 8.96. The molecule has 1 aliphatic rings. The van der Waals surface area contributed by atoms with E-state index in [1.807, 2.05) is 6.92 Å². The first-order chi connectivity index (χ1) is 17.7. The summed E-state index contributed by atoms with van der Waals surface area (Å²) in [5, 5.41) is 13.8. The molecule has 2 N–H and O–H groups in total. The van der Waals surface area contributed by atoms with Gasteiger partial charge in [-0.15, -0.1) is 0 Å². The number of alkyl halides is 3. The molecule has 1 aromatic carbocycles. The van der Waals surface area contributed by atoms with E-state index in [0.29, 0.717) is 49.3 Å². The molecule has 4 aromatic rings. The summed E-state index contributed by atoms with van der Waals surface area (Å²) in [7, 11) is 0. The molecule has 10 nitrogen and oxygen atoms in total. The Morgan fingerprint density at radius 2 is 2.08 bits per heavy atom. The van der Waals surface area contributed by atoms with Crippen LogP contribution in [0, 0.1) is 0 Å². The fourth-order valence-corrected chi connectivity index (χ4v) is 4.70. The van der Waals surface area contributed by atoms with Gasteiger partial charge in [-0.1, -0.05) is 19.1 Å². The van der Waals surface area contributed by atoms with Crippen molar-refractivity contribution in [3.8, 4) is 11.4 Å². The maximum atomic E-state index is 13.1. The number of nitrogens with one attached hydrogen (secondary N) is 1. The lowest BCUT2D eigenvalue weighted by molar-refractivity contribution is -0.138. The molecule has 0 unspecified atom stereocenters. The number of anilines is 1. The number of aliphatic carboxylic acids is 1. The van der Waals surface area contributed by atoms with Gasteiger partial charge in [0, 0.05) is 19.3 Å². The Morgan fingerprint density at radius 3 is 2.81 bits per heavy atom. The van der Waals surface area contributed by atoms with Gasteiger partial charge in [-0.05, 0) is 37.0 Å². The van der Waals surface area contributed by atoms with E-state index in [4.69, 9.17) is 0 Å². The van der Waals surface area contributed by atoms with Gasteiger partial charge in [-0.25, -0.2) is 9.78 Å². The molecule has 5 rings (SSSR count). The van der Waals surface area contributed by atoms with Crippen LogP contribution < -0.4 is 10.5 Å². The van der Waals surface area contributed by atoms with Gasteiger partial charge in [0.15, 0.2) is 11.2 Å². The minimum atomic E-state index is -4.44. The molecule has 13 heteroatoms. The monoisotopic (exact) mass is 515 g/mol. The molecule has 0 amide bonds. The van der Waals surface area contributed by atoms with Crippen LogP contribution in [0.1, 0.15) is 37.3 Å². The summed E-state index contributed by atoms with van der Waals surface area (Å²) in [5.74, 6) is -0.375. The smallest absolute Gasteiger partial charge is 0.416 e. The first-order valence-corrected chi connectivity index (χ1v) is 11.8. The second-order valence-electron chi connectivity index (χ2n) is 8.96. The van der Waals surface area contributed by atoms with Crippen molar-refractivity contribution >= 4 is 23.1 Å². The molecule has 1 saturated heterocycles. The SMILES string of the molecule is CCCn1c(-c2cnn(Cc3cccc(C(F)(F)F)c3)c2)nc2nc(N3CCC[C@H]3C(=O)O)[nH]c(=O)c21. The van der Waals surface area contributed by atoms with E-state index in [0.717, 1.165) is 12.1 Å². The molecule has 0 radical (unpaired) electrons. The Balaban J connectivity index is 1.51. The quantitative estimate of drug-likeness (QED) is 0.386. The number of hydrogen-bond acceptors (Lipinski definition) is 6. The number of aromatic nitrogens is 6. The third kappa shape index (κ3) is 4.68. The number of fused-ring (bicyclic) bond motifs is 1. The average molecular weight is 515 g/mol. The van der Waals surface area contributed by atoms with E-state index in [1.165, 1.54) is 16.9 Å². The first kappa shape index (κ1) is 24.5. The van der Waals surface area contributed by atoms with Crippen molar-refractivity contribution in [2.24, 2.45) is 0 Å². The Bertz CT molecular complexity index is 1520. The molecule has 1 fully saturated rings. The molecule has 4 heterocycles. The number of nitrogens with zero attached hydrogens (tertiary/aromatic N) is 6. The van der Waals surface area contributed by atoms with Gasteiger partial charge in [-0.3, -0.25) is 14.5 Å². The minimum Gasteiger partial charge on any atom is -0.480 e. The molecule has 37 heavy (non-hydrogen) atoms. The number of halogens is 3. The van der Waals surface area contributed by atoms with Crippen molar-refractivity contribution in [3.63, 3.8) is 0 Å². The molecule has 0 spiro atoms. The molecule has 0 saturated carbocycles. The van der Waals surface area contributed by atoms with Crippen molar-refractivity contribution in [3.05, 3.63) is 58.1 Å². The van der Waals surface area contributed by atoms with Crippen LogP contribution in [0.25, 0.3) is 22.6 Å². The topological polar surface area (TPSA) is 122 Å². The Hall–Kier alpha value is -4.16. The zero-order valence-electron chi connectivity index (χ0n) is 19.9. The molecule has 3 aromatic heterocycles. The summed E-state index contributed by atoms with van der Waals surface area (Å²) in [6.07, 6.45) is 0.581. The maximum absolute atomic E-state index is 13.1. The fraction of sp³-hybridized carbons (Fsp3) is 0.375. The molecule has 0 bridgehead atoms. The molecular formula is C24H24F3N7O3. The molecule has 0 aliphatic carbocycles. The van der Waals surface area contributed by atoms with Crippen LogP contribution in [0.15, 0.2) is 41.5 Å². The number of H-pyrrole nitrogens is 1. The summed E-state index contributed by atoms with van der Waals surface area (Å²) in [6, 6.07) is 4.28. The van der Waals surface area contributed by atoms with Crippen LogP contribution in [0.4, 0.5) is 19.1 Å². The summed E-state index contributed by atoms with van der Waals surface area (Å²) in [5.41, 5.74) is 0.295. The lowest BCUT2D eigenvalue weighted by atomic mass is 10.1. The van der Waals surface area contributed by atoms with Gasteiger partial charge in [0.05, 0.1) is 23.9 Å². The van der Waals surface area contributed by atoms with E-state index in [-0.39, 0.29) is 23.7 Å². The predicted octanol–water partition coefficient (Wildman–Crippen LogP) is 3.51. The fourth-order valence-electron chi connectivity index (χ4n) is 4.70. The number of rotatable bonds is 7. The van der Waals surface area contributed by atoms with Gasteiger partial charge in [0.1, 0.15) is 11.9 Å². The highest BCUT2D eigenvalue weighted by molar-refractivity contribution is 5.80.